The fraction of sp³-hybridized carbons (Fsp3) is 0.381. The zero-order valence-electron chi connectivity index (χ0n) is 29.6. The number of carbonyl (C=O) groups excluding carboxylic acids is 2. The number of β-amino-alcohol motifs (C(OH)–C–C–N with tert-alkyl or cyclic N) is 1. The largest absolute Gasteiger partial charge is 0.397 e. The lowest BCUT2D eigenvalue weighted by molar-refractivity contribution is -0.252. The van der Waals surface area contributed by atoms with Gasteiger partial charge in [0.1, 0.15) is 0 Å². The second-order valence-corrected chi connectivity index (χ2v) is 13.8. The van der Waals surface area contributed by atoms with Crippen LogP contribution in [-0.4, -0.2) is 58.8 Å². The second-order valence-electron chi connectivity index (χ2n) is 13.8. The molecule has 10 nitrogen and oxygen atoms in total. The Hall–Kier alpha value is -4.58. The lowest BCUT2D eigenvalue weighted by Crippen LogP contribution is -2.38. The molecule has 6 rings (SSSR count). The van der Waals surface area contributed by atoms with Gasteiger partial charge in [-0.05, 0) is 65.3 Å². The number of hydrogen-bond acceptors (Lipinski definition) is 8. The summed E-state index contributed by atoms with van der Waals surface area (Å²) in [5.41, 5.74) is 13.0. The molecule has 4 atom stereocenters. The molecule has 4 unspecified atom stereocenters. The van der Waals surface area contributed by atoms with Crippen LogP contribution in [0, 0.1) is 0 Å². The Morgan fingerprint density at radius 2 is 1.56 bits per heavy atom. The van der Waals surface area contributed by atoms with E-state index in [9.17, 15) is 19.8 Å². The number of rotatable bonds is 15. The smallest absolute Gasteiger partial charge is 0.224 e. The Morgan fingerprint density at radius 3 is 2.29 bits per heavy atom. The molecule has 6 N–H and O–H groups in total. The standard InChI is InChI=1S/C42H50N4O6/c43-37-9-4-5-10-38(37)45-41(50)12-3-1-2-11-40(49)44-25-30-7-6-8-34(23-30)31-17-19-33(20-18-31)42-51-36(27-46-22-21-35(48)26-46)24-39(52-42)32-15-13-29(28-47)14-16-32/h4-10,13-20,23,35-36,39,42,47-48H,1-3,11-12,21-22,24-28,43H2,(H,44,49)(H,45,50). The predicted molar refractivity (Wildman–Crippen MR) is 202 cm³/mol. The predicted octanol–water partition coefficient (Wildman–Crippen LogP) is 6.25. The second kappa shape index (κ2) is 18.3. The molecular weight excluding hydrogens is 656 g/mol. The lowest BCUT2D eigenvalue weighted by atomic mass is 9.99. The zero-order valence-corrected chi connectivity index (χ0v) is 29.6. The quantitative estimate of drug-likeness (QED) is 0.0721. The van der Waals surface area contributed by atoms with Gasteiger partial charge in [0.25, 0.3) is 0 Å². The van der Waals surface area contributed by atoms with Gasteiger partial charge >= 0.3 is 0 Å². The molecule has 0 spiro atoms. The highest BCUT2D eigenvalue weighted by molar-refractivity contribution is 5.93. The summed E-state index contributed by atoms with van der Waals surface area (Å²) in [7, 11) is 0. The fourth-order valence-corrected chi connectivity index (χ4v) is 6.85. The van der Waals surface area contributed by atoms with Gasteiger partial charge < -0.3 is 36.1 Å². The van der Waals surface area contributed by atoms with Crippen molar-refractivity contribution in [2.45, 2.75) is 82.7 Å². The van der Waals surface area contributed by atoms with Crippen molar-refractivity contribution in [1.29, 1.82) is 0 Å². The van der Waals surface area contributed by atoms with Gasteiger partial charge in [-0.2, -0.15) is 0 Å². The van der Waals surface area contributed by atoms with E-state index >= 15 is 0 Å². The van der Waals surface area contributed by atoms with E-state index in [-0.39, 0.29) is 36.7 Å². The number of aliphatic hydroxyl groups excluding tert-OH is 2. The highest BCUT2D eigenvalue weighted by Gasteiger charge is 2.34. The molecule has 0 saturated carbocycles. The first-order valence-corrected chi connectivity index (χ1v) is 18.3. The Morgan fingerprint density at radius 1 is 0.808 bits per heavy atom. The summed E-state index contributed by atoms with van der Waals surface area (Å²) < 4.78 is 13.0. The van der Waals surface area contributed by atoms with E-state index in [1.807, 2.05) is 60.7 Å². The molecule has 2 fully saturated rings. The van der Waals surface area contributed by atoms with E-state index in [4.69, 9.17) is 15.2 Å². The van der Waals surface area contributed by atoms with E-state index < -0.39 is 6.29 Å². The highest BCUT2D eigenvalue weighted by atomic mass is 16.7. The van der Waals surface area contributed by atoms with Crippen molar-refractivity contribution in [3.05, 3.63) is 119 Å². The van der Waals surface area contributed by atoms with Crippen molar-refractivity contribution in [1.82, 2.24) is 10.2 Å². The third kappa shape index (κ3) is 10.5. The Balaban J connectivity index is 0.990. The normalized spacial score (nSPS) is 20.4. The van der Waals surface area contributed by atoms with Gasteiger partial charge in [0.2, 0.25) is 11.8 Å². The van der Waals surface area contributed by atoms with Gasteiger partial charge in [-0.25, -0.2) is 0 Å². The number of amides is 2. The molecule has 4 aromatic carbocycles. The van der Waals surface area contributed by atoms with Crippen molar-refractivity contribution in [2.75, 3.05) is 30.7 Å². The number of anilines is 2. The maximum Gasteiger partial charge on any atom is 0.224 e. The molecule has 0 radical (unpaired) electrons. The van der Waals surface area contributed by atoms with E-state index in [0.717, 1.165) is 59.3 Å². The van der Waals surface area contributed by atoms with Gasteiger partial charge in [0, 0.05) is 51.0 Å². The van der Waals surface area contributed by atoms with Crippen LogP contribution in [-0.2, 0) is 32.2 Å². The molecule has 52 heavy (non-hydrogen) atoms. The Bertz CT molecular complexity index is 1770. The van der Waals surface area contributed by atoms with Crippen LogP contribution in [0.25, 0.3) is 11.1 Å². The van der Waals surface area contributed by atoms with Crippen LogP contribution >= 0.6 is 0 Å². The molecule has 2 aliphatic rings. The van der Waals surface area contributed by atoms with Gasteiger partial charge in [0.05, 0.1) is 36.3 Å². The van der Waals surface area contributed by atoms with E-state index in [2.05, 4.69) is 39.8 Å². The van der Waals surface area contributed by atoms with Crippen LogP contribution in [0.5, 0.6) is 0 Å². The zero-order chi connectivity index (χ0) is 36.3. The van der Waals surface area contributed by atoms with Crippen LogP contribution in [0.2, 0.25) is 0 Å². The number of benzene rings is 4. The maximum absolute atomic E-state index is 12.6. The van der Waals surface area contributed by atoms with Crippen molar-refractivity contribution >= 4 is 23.2 Å². The summed E-state index contributed by atoms with van der Waals surface area (Å²) in [5, 5.41) is 25.4. The summed E-state index contributed by atoms with van der Waals surface area (Å²) >= 11 is 0. The van der Waals surface area contributed by atoms with Crippen LogP contribution in [0.4, 0.5) is 11.4 Å². The summed E-state index contributed by atoms with van der Waals surface area (Å²) in [5.74, 6) is -0.0860. The molecular formula is C42H50N4O6. The third-order valence-corrected chi connectivity index (χ3v) is 9.80. The van der Waals surface area contributed by atoms with Crippen LogP contribution < -0.4 is 16.4 Å². The molecule has 274 valence electrons. The molecule has 0 bridgehead atoms. The molecule has 10 heteroatoms. The molecule has 2 aliphatic heterocycles. The molecule has 4 aromatic rings. The average molecular weight is 707 g/mol. The number of unbranched alkanes of at least 4 members (excludes halogenated alkanes) is 2. The number of aliphatic hydroxyl groups is 2. The number of carbonyl (C=O) groups is 2. The van der Waals surface area contributed by atoms with Crippen molar-refractivity contribution in [3.8, 4) is 11.1 Å². The number of hydrogen-bond donors (Lipinski definition) is 5. The molecule has 0 aliphatic carbocycles. The summed E-state index contributed by atoms with van der Waals surface area (Å²) in [6, 6.07) is 31.5. The average Bonchev–Trinajstić information content (AvgIpc) is 3.58. The minimum absolute atomic E-state index is 0.00169. The Labute approximate surface area is 305 Å². The molecule has 0 aromatic heterocycles. The van der Waals surface area contributed by atoms with E-state index in [1.54, 1.807) is 12.1 Å². The monoisotopic (exact) mass is 706 g/mol. The minimum atomic E-state index is -0.546. The number of nitrogens with zero attached hydrogens (tertiary/aromatic N) is 1. The summed E-state index contributed by atoms with van der Waals surface area (Å²) in [4.78, 5) is 27.0. The van der Waals surface area contributed by atoms with Crippen molar-refractivity contribution in [3.63, 3.8) is 0 Å². The Kier molecular flexibility index (Phi) is 13.1. The number of likely N-dealkylation sites (tertiary alicyclic amines) is 1. The number of ether oxygens (including phenoxy) is 2. The number of nitrogens with two attached hydrogens (primary N) is 1. The lowest BCUT2D eigenvalue weighted by Gasteiger charge is -2.37. The number of para-hydroxylation sites is 2. The van der Waals surface area contributed by atoms with Gasteiger partial charge in [0.15, 0.2) is 6.29 Å². The summed E-state index contributed by atoms with van der Waals surface area (Å²) in [6.45, 7) is 2.68. The SMILES string of the molecule is Nc1ccccc1NC(=O)CCCCCC(=O)NCc1cccc(-c2ccc(C3OC(CN4CCC(O)C4)CC(c4ccc(CO)cc4)O3)cc2)c1. The van der Waals surface area contributed by atoms with E-state index in [1.165, 1.54) is 0 Å². The van der Waals surface area contributed by atoms with Gasteiger partial charge in [-0.3, -0.25) is 14.5 Å². The first-order valence-electron chi connectivity index (χ1n) is 18.3. The van der Waals surface area contributed by atoms with Crippen molar-refractivity contribution < 1.29 is 29.3 Å². The highest BCUT2D eigenvalue weighted by Crippen LogP contribution is 2.39. The fourth-order valence-electron chi connectivity index (χ4n) is 6.85. The third-order valence-electron chi connectivity index (χ3n) is 9.80. The first kappa shape index (κ1) is 37.2. The molecule has 2 saturated heterocycles. The molecule has 2 amide bonds. The van der Waals surface area contributed by atoms with Crippen LogP contribution in [0.1, 0.15) is 79.6 Å². The van der Waals surface area contributed by atoms with Gasteiger partial charge in [-0.1, -0.05) is 85.3 Å². The van der Waals surface area contributed by atoms with Crippen LogP contribution in [0.15, 0.2) is 97.1 Å². The van der Waals surface area contributed by atoms with Gasteiger partial charge in [-0.15, -0.1) is 0 Å². The number of nitrogen functional groups attached to an aromatic ring is 1. The minimum Gasteiger partial charge on any atom is -0.397 e. The maximum atomic E-state index is 12.6. The van der Waals surface area contributed by atoms with Crippen LogP contribution in [0.3, 0.4) is 0 Å². The number of nitrogens with one attached hydrogen (secondary N) is 2. The van der Waals surface area contributed by atoms with Crippen molar-refractivity contribution in [2.24, 2.45) is 0 Å². The first-order chi connectivity index (χ1) is 25.3. The topological polar surface area (TPSA) is 146 Å². The summed E-state index contributed by atoms with van der Waals surface area (Å²) in [6.07, 6.45) is 3.42. The molecule has 2 heterocycles. The van der Waals surface area contributed by atoms with E-state index in [0.29, 0.717) is 56.6 Å².